The molecule has 1 aromatic rings. The lowest BCUT2D eigenvalue weighted by molar-refractivity contribution is 0.100. The van der Waals surface area contributed by atoms with Gasteiger partial charge in [-0.2, -0.15) is 0 Å². The van der Waals surface area contributed by atoms with Crippen LogP contribution in [0.25, 0.3) is 0 Å². The molecule has 0 bridgehead atoms. The molecule has 90 valence electrons. The van der Waals surface area contributed by atoms with Crippen molar-refractivity contribution in [1.82, 2.24) is 0 Å². The van der Waals surface area contributed by atoms with E-state index in [1.54, 1.807) is 0 Å². The van der Waals surface area contributed by atoms with Crippen molar-refractivity contribution < 1.29 is 5.11 Å². The molecular formula is C12H12Br2N2O. The fraction of sp³-hybridized carbons (Fsp3) is 0.500. The molecule has 2 aliphatic rings. The molecule has 1 spiro atoms. The van der Waals surface area contributed by atoms with Gasteiger partial charge in [-0.1, -0.05) is 0 Å². The highest BCUT2D eigenvalue weighted by molar-refractivity contribution is 9.11. The van der Waals surface area contributed by atoms with Crippen molar-refractivity contribution in [1.29, 1.82) is 0 Å². The summed E-state index contributed by atoms with van der Waals surface area (Å²) in [7, 11) is 0. The highest BCUT2D eigenvalue weighted by atomic mass is 79.9. The van der Waals surface area contributed by atoms with Crippen molar-refractivity contribution in [3.8, 4) is 0 Å². The Bertz CT molecular complexity index is 534. The second-order valence-electron chi connectivity index (χ2n) is 4.66. The molecule has 5 heteroatoms. The minimum Gasteiger partial charge on any atom is -0.393 e. The second kappa shape index (κ2) is 4.14. The first-order valence-corrected chi connectivity index (χ1v) is 7.30. The Kier molecular flexibility index (Phi) is 2.88. The zero-order valence-corrected chi connectivity index (χ0v) is 12.3. The van der Waals surface area contributed by atoms with Crippen LogP contribution in [0.2, 0.25) is 0 Å². The minimum absolute atomic E-state index is 0.179. The van der Waals surface area contributed by atoms with Gasteiger partial charge in [0.25, 0.3) is 0 Å². The molecule has 1 heterocycles. The molecule has 1 aliphatic carbocycles. The number of benzene rings is 1. The van der Waals surface area contributed by atoms with Gasteiger partial charge in [-0.05, 0) is 69.7 Å². The van der Waals surface area contributed by atoms with Crippen LogP contribution < -0.4 is 10.7 Å². The monoisotopic (exact) mass is 358 g/mol. The second-order valence-corrected chi connectivity index (χ2v) is 6.37. The maximum absolute atomic E-state index is 9.58. The number of halogens is 2. The normalized spacial score (nSPS) is 22.1. The number of rotatable bonds is 0. The van der Waals surface area contributed by atoms with Gasteiger partial charge in [-0.3, -0.25) is 9.98 Å². The van der Waals surface area contributed by atoms with E-state index in [0.29, 0.717) is 0 Å². The summed E-state index contributed by atoms with van der Waals surface area (Å²) < 4.78 is 1.98. The highest BCUT2D eigenvalue weighted by Gasteiger charge is 2.36. The first-order chi connectivity index (χ1) is 8.10. The van der Waals surface area contributed by atoms with Crippen LogP contribution in [0.5, 0.6) is 0 Å². The van der Waals surface area contributed by atoms with E-state index in [1.807, 2.05) is 12.1 Å². The summed E-state index contributed by atoms with van der Waals surface area (Å²) in [4.78, 5) is 9.57. The summed E-state index contributed by atoms with van der Waals surface area (Å²) in [6.45, 7) is 0. The van der Waals surface area contributed by atoms with Gasteiger partial charge >= 0.3 is 0 Å². The molecule has 1 aromatic carbocycles. The number of aliphatic hydroxyl groups is 1. The summed E-state index contributed by atoms with van der Waals surface area (Å²) in [5.41, 5.74) is -0.325. The van der Waals surface area contributed by atoms with Crippen LogP contribution in [0, 0.1) is 0 Å². The number of hydrogen-bond acceptors (Lipinski definition) is 3. The lowest BCUT2D eigenvalue weighted by Gasteiger charge is -2.30. The molecule has 3 nitrogen and oxygen atoms in total. The van der Waals surface area contributed by atoms with Crippen LogP contribution in [-0.2, 0) is 0 Å². The summed E-state index contributed by atoms with van der Waals surface area (Å²) in [6, 6.07) is 3.97. The predicted octanol–water partition coefficient (Wildman–Crippen LogP) is 2.10. The van der Waals surface area contributed by atoms with Gasteiger partial charge in [0, 0.05) is 8.95 Å². The van der Waals surface area contributed by atoms with Crippen molar-refractivity contribution in [3.05, 3.63) is 31.8 Å². The number of hydrogen-bond donors (Lipinski definition) is 1. The molecule has 0 saturated heterocycles. The standard InChI is InChI=1S/C12H12Br2N2O/c13-8-1-2-9(14)11-10(8)15-12(16-11)5-3-7(17)4-6-12/h1-2,7,17H,3-6H2. The molecule has 1 N–H and O–H groups in total. The molecule has 3 rings (SSSR count). The average molecular weight is 360 g/mol. The van der Waals surface area contributed by atoms with E-state index in [0.717, 1.165) is 45.3 Å². The highest BCUT2D eigenvalue weighted by Crippen LogP contribution is 2.34. The van der Waals surface area contributed by atoms with E-state index in [-0.39, 0.29) is 11.8 Å². The minimum atomic E-state index is -0.325. The van der Waals surface area contributed by atoms with E-state index >= 15 is 0 Å². The first-order valence-electron chi connectivity index (χ1n) is 5.71. The smallest absolute Gasteiger partial charge is 0.151 e. The molecule has 0 radical (unpaired) electrons. The molecule has 0 amide bonds. The molecule has 0 unspecified atom stereocenters. The van der Waals surface area contributed by atoms with Gasteiger partial charge < -0.3 is 5.11 Å². The summed E-state index contributed by atoms with van der Waals surface area (Å²) in [5, 5.41) is 11.5. The topological polar surface area (TPSA) is 45.0 Å². The summed E-state index contributed by atoms with van der Waals surface area (Å²) >= 11 is 7.04. The largest absolute Gasteiger partial charge is 0.393 e. The Labute approximate surface area is 116 Å². The Balaban J connectivity index is 2.12. The molecule has 1 aliphatic heterocycles. The van der Waals surface area contributed by atoms with Gasteiger partial charge in [-0.25, -0.2) is 0 Å². The molecule has 17 heavy (non-hydrogen) atoms. The molecule has 1 fully saturated rings. The van der Waals surface area contributed by atoms with E-state index < -0.39 is 0 Å². The Morgan fingerprint density at radius 2 is 1.53 bits per heavy atom. The Morgan fingerprint density at radius 3 is 2.00 bits per heavy atom. The maximum Gasteiger partial charge on any atom is 0.151 e. The van der Waals surface area contributed by atoms with Crippen LogP contribution in [-0.4, -0.2) is 16.9 Å². The fourth-order valence-corrected chi connectivity index (χ4v) is 3.29. The number of aliphatic hydroxyl groups excluding tert-OH is 1. The number of nitrogens with zero attached hydrogens (tertiary/aromatic N) is 2. The van der Waals surface area contributed by atoms with E-state index in [1.165, 1.54) is 0 Å². The Morgan fingerprint density at radius 1 is 1.06 bits per heavy atom. The van der Waals surface area contributed by atoms with E-state index in [2.05, 4.69) is 31.9 Å². The van der Waals surface area contributed by atoms with E-state index in [4.69, 9.17) is 9.98 Å². The third-order valence-electron chi connectivity index (χ3n) is 3.45. The lowest BCUT2D eigenvalue weighted by atomic mass is 9.88. The zero-order chi connectivity index (χ0) is 12.0. The molecular weight excluding hydrogens is 348 g/mol. The van der Waals surface area contributed by atoms with Crippen LogP contribution in [0.15, 0.2) is 31.1 Å². The average Bonchev–Trinajstić information content (AvgIpc) is 2.70. The van der Waals surface area contributed by atoms with Crippen molar-refractivity contribution in [3.63, 3.8) is 0 Å². The summed E-state index contributed by atoms with van der Waals surface area (Å²) in [6.07, 6.45) is 3.07. The Hall–Kier alpha value is -0.260. The van der Waals surface area contributed by atoms with Crippen molar-refractivity contribution >= 4 is 31.9 Å². The first kappa shape index (κ1) is 11.8. The molecule has 0 atom stereocenters. The quantitative estimate of drug-likeness (QED) is 0.757. The predicted molar refractivity (Wildman–Crippen MR) is 71.4 cm³/mol. The third-order valence-corrected chi connectivity index (χ3v) is 4.73. The van der Waals surface area contributed by atoms with Gasteiger partial charge in [0.1, 0.15) is 10.7 Å². The van der Waals surface area contributed by atoms with Crippen LogP contribution in [0.1, 0.15) is 25.7 Å². The van der Waals surface area contributed by atoms with Crippen LogP contribution >= 0.6 is 31.9 Å². The van der Waals surface area contributed by atoms with Gasteiger partial charge in [-0.15, -0.1) is 0 Å². The van der Waals surface area contributed by atoms with Crippen molar-refractivity contribution in [2.75, 3.05) is 0 Å². The van der Waals surface area contributed by atoms with Gasteiger partial charge in [0.2, 0.25) is 0 Å². The van der Waals surface area contributed by atoms with Crippen molar-refractivity contribution in [2.45, 2.75) is 37.5 Å². The van der Waals surface area contributed by atoms with Crippen molar-refractivity contribution in [2.24, 2.45) is 9.98 Å². The summed E-state index contributed by atoms with van der Waals surface area (Å²) in [5.74, 6) is 0. The zero-order valence-electron chi connectivity index (χ0n) is 9.16. The van der Waals surface area contributed by atoms with Crippen LogP contribution in [0.4, 0.5) is 0 Å². The van der Waals surface area contributed by atoms with Gasteiger partial charge in [0.15, 0.2) is 5.66 Å². The SMILES string of the molecule is OC1CCC2(CC1)N=c1c(Br)ccc(Br)c1=N2. The van der Waals surface area contributed by atoms with E-state index in [9.17, 15) is 5.11 Å². The molecule has 0 aromatic heterocycles. The number of fused-ring (bicyclic) bond motifs is 1. The fourth-order valence-electron chi connectivity index (χ4n) is 2.47. The molecule has 1 saturated carbocycles. The van der Waals surface area contributed by atoms with Gasteiger partial charge in [0.05, 0.1) is 6.10 Å². The lowest BCUT2D eigenvalue weighted by Crippen LogP contribution is -2.31. The third kappa shape index (κ3) is 1.98. The van der Waals surface area contributed by atoms with Crippen LogP contribution in [0.3, 0.4) is 0 Å². The maximum atomic E-state index is 9.58.